The first-order valence-electron chi connectivity index (χ1n) is 6.12. The first kappa shape index (κ1) is 13.0. The molecule has 0 fully saturated rings. The molecule has 0 amide bonds. The van der Waals surface area contributed by atoms with E-state index in [0.717, 1.165) is 21.1 Å². The number of anilines is 1. The number of hydrogen-bond donors (Lipinski definition) is 2. The summed E-state index contributed by atoms with van der Waals surface area (Å²) in [6, 6.07) is 6.77. The number of nitrogen functional groups attached to an aromatic ring is 1. The summed E-state index contributed by atoms with van der Waals surface area (Å²) in [5.41, 5.74) is 10.4. The molecule has 20 heavy (non-hydrogen) atoms. The number of rotatable bonds is 1. The average Bonchev–Trinajstić information content (AvgIpc) is 2.83. The number of nitrogens with two attached hydrogens (primary N) is 1. The molecule has 0 saturated heterocycles. The number of phenols is 1. The highest BCUT2D eigenvalue weighted by atomic mass is 79.9. The van der Waals surface area contributed by atoms with E-state index in [2.05, 4.69) is 20.9 Å². The van der Waals surface area contributed by atoms with Crippen LogP contribution in [0.4, 0.5) is 5.69 Å². The Labute approximate surface area is 124 Å². The Kier molecular flexibility index (Phi) is 2.94. The highest BCUT2D eigenvalue weighted by molar-refractivity contribution is 9.10. The van der Waals surface area contributed by atoms with Crippen LogP contribution in [0.3, 0.4) is 0 Å². The maximum absolute atomic E-state index is 9.92. The van der Waals surface area contributed by atoms with Gasteiger partial charge in [-0.05, 0) is 65.2 Å². The summed E-state index contributed by atoms with van der Waals surface area (Å²) < 4.78 is 6.67. The quantitative estimate of drug-likeness (QED) is 0.518. The molecule has 3 N–H and O–H groups in total. The van der Waals surface area contributed by atoms with Crippen LogP contribution in [0, 0.1) is 13.8 Å². The van der Waals surface area contributed by atoms with Gasteiger partial charge in [-0.1, -0.05) is 0 Å². The van der Waals surface area contributed by atoms with Crippen molar-refractivity contribution >= 4 is 32.7 Å². The average molecular weight is 333 g/mol. The number of benzene rings is 2. The normalized spacial score (nSPS) is 11.2. The Bertz CT molecular complexity index is 824. The van der Waals surface area contributed by atoms with Crippen LogP contribution in [0.15, 0.2) is 33.2 Å². The van der Waals surface area contributed by atoms with E-state index in [9.17, 15) is 5.11 Å². The van der Waals surface area contributed by atoms with Crippen molar-refractivity contribution in [3.8, 4) is 17.2 Å². The zero-order valence-electron chi connectivity index (χ0n) is 11.1. The van der Waals surface area contributed by atoms with E-state index < -0.39 is 0 Å². The molecule has 4 nitrogen and oxygen atoms in total. The van der Waals surface area contributed by atoms with Gasteiger partial charge in [0.2, 0.25) is 5.89 Å². The topological polar surface area (TPSA) is 72.3 Å². The van der Waals surface area contributed by atoms with E-state index in [-0.39, 0.29) is 5.75 Å². The molecule has 3 rings (SSSR count). The number of oxazole rings is 1. The lowest BCUT2D eigenvalue weighted by atomic mass is 10.1. The van der Waals surface area contributed by atoms with Crippen molar-refractivity contribution in [2.75, 3.05) is 5.73 Å². The lowest BCUT2D eigenvalue weighted by molar-refractivity contribution is 0.474. The summed E-state index contributed by atoms with van der Waals surface area (Å²) in [5, 5.41) is 9.92. The van der Waals surface area contributed by atoms with Gasteiger partial charge in [0.15, 0.2) is 5.58 Å². The lowest BCUT2D eigenvalue weighted by Gasteiger charge is -2.02. The van der Waals surface area contributed by atoms with Crippen molar-refractivity contribution in [3.63, 3.8) is 0 Å². The van der Waals surface area contributed by atoms with E-state index in [1.807, 2.05) is 19.9 Å². The van der Waals surface area contributed by atoms with Crippen LogP contribution in [0.25, 0.3) is 22.6 Å². The molecule has 1 heterocycles. The molecule has 0 spiro atoms. The van der Waals surface area contributed by atoms with Gasteiger partial charge in [-0.2, -0.15) is 0 Å². The molecule has 0 aliphatic heterocycles. The molecule has 1 aromatic heterocycles. The van der Waals surface area contributed by atoms with Crippen LogP contribution in [-0.4, -0.2) is 10.1 Å². The van der Waals surface area contributed by atoms with Crippen LogP contribution in [0.1, 0.15) is 11.1 Å². The molecular formula is C15H13BrN2O2. The fourth-order valence-electron chi connectivity index (χ4n) is 2.08. The first-order chi connectivity index (χ1) is 9.47. The van der Waals surface area contributed by atoms with Crippen molar-refractivity contribution in [1.82, 2.24) is 4.98 Å². The summed E-state index contributed by atoms with van der Waals surface area (Å²) in [7, 11) is 0. The molecular weight excluding hydrogens is 320 g/mol. The zero-order chi connectivity index (χ0) is 14.4. The van der Waals surface area contributed by atoms with E-state index in [1.165, 1.54) is 6.07 Å². The fourth-order valence-corrected chi connectivity index (χ4v) is 2.68. The van der Waals surface area contributed by atoms with Crippen molar-refractivity contribution < 1.29 is 9.52 Å². The van der Waals surface area contributed by atoms with Gasteiger partial charge in [-0.15, -0.1) is 0 Å². The number of phenolic OH excluding ortho intramolecular Hbond substituents is 1. The Balaban J connectivity index is 2.28. The number of fused-ring (bicyclic) bond motifs is 1. The summed E-state index contributed by atoms with van der Waals surface area (Å²) in [5.74, 6) is 0.450. The summed E-state index contributed by atoms with van der Waals surface area (Å²) >= 11 is 3.53. The second-order valence-corrected chi connectivity index (χ2v) is 5.57. The molecule has 2 aromatic carbocycles. The number of halogens is 1. The van der Waals surface area contributed by atoms with Crippen LogP contribution in [-0.2, 0) is 0 Å². The van der Waals surface area contributed by atoms with Crippen molar-refractivity contribution in [2.45, 2.75) is 13.8 Å². The van der Waals surface area contributed by atoms with E-state index in [1.54, 1.807) is 12.1 Å². The molecule has 0 radical (unpaired) electrons. The molecule has 0 atom stereocenters. The van der Waals surface area contributed by atoms with Gasteiger partial charge in [-0.25, -0.2) is 4.98 Å². The number of aromatic hydroxyl groups is 1. The number of aryl methyl sites for hydroxylation is 1. The highest BCUT2D eigenvalue weighted by Crippen LogP contribution is 2.36. The van der Waals surface area contributed by atoms with Gasteiger partial charge >= 0.3 is 0 Å². The van der Waals surface area contributed by atoms with Gasteiger partial charge in [0, 0.05) is 5.69 Å². The third-order valence-corrected chi connectivity index (χ3v) is 4.33. The van der Waals surface area contributed by atoms with Gasteiger partial charge in [0.05, 0.1) is 10.0 Å². The zero-order valence-corrected chi connectivity index (χ0v) is 12.7. The van der Waals surface area contributed by atoms with Crippen molar-refractivity contribution in [1.29, 1.82) is 0 Å². The second-order valence-electron chi connectivity index (χ2n) is 4.78. The molecule has 0 aliphatic carbocycles. The Morgan fingerprint density at radius 3 is 2.75 bits per heavy atom. The fraction of sp³-hybridized carbons (Fsp3) is 0.133. The Hall–Kier alpha value is -2.01. The maximum Gasteiger partial charge on any atom is 0.231 e. The molecule has 3 aromatic rings. The van der Waals surface area contributed by atoms with Gasteiger partial charge in [-0.3, -0.25) is 0 Å². The minimum atomic E-state index is 0.0929. The SMILES string of the molecule is Cc1cc2nc(-c3cc(N)ccc3O)oc2c(Br)c1C. The van der Waals surface area contributed by atoms with Gasteiger partial charge in [0.1, 0.15) is 11.3 Å². The van der Waals surface area contributed by atoms with Crippen LogP contribution in [0.2, 0.25) is 0 Å². The van der Waals surface area contributed by atoms with Gasteiger partial charge in [0.25, 0.3) is 0 Å². The van der Waals surface area contributed by atoms with E-state index >= 15 is 0 Å². The Morgan fingerprint density at radius 1 is 1.25 bits per heavy atom. The lowest BCUT2D eigenvalue weighted by Crippen LogP contribution is -1.86. The third kappa shape index (κ3) is 1.94. The van der Waals surface area contributed by atoms with Crippen LogP contribution >= 0.6 is 15.9 Å². The summed E-state index contributed by atoms with van der Waals surface area (Å²) in [6.45, 7) is 4.03. The van der Waals surface area contributed by atoms with Crippen molar-refractivity contribution in [3.05, 3.63) is 39.9 Å². The minimum absolute atomic E-state index is 0.0929. The monoisotopic (exact) mass is 332 g/mol. The minimum Gasteiger partial charge on any atom is -0.507 e. The second kappa shape index (κ2) is 4.52. The molecule has 0 aliphatic rings. The number of aromatic nitrogens is 1. The van der Waals surface area contributed by atoms with Crippen LogP contribution in [0.5, 0.6) is 5.75 Å². The third-order valence-electron chi connectivity index (χ3n) is 3.38. The summed E-state index contributed by atoms with van der Waals surface area (Å²) in [4.78, 5) is 4.44. The molecule has 0 saturated carbocycles. The van der Waals surface area contributed by atoms with Gasteiger partial charge < -0.3 is 15.3 Å². The molecule has 102 valence electrons. The largest absolute Gasteiger partial charge is 0.507 e. The van der Waals surface area contributed by atoms with E-state index in [4.69, 9.17) is 10.2 Å². The predicted molar refractivity (Wildman–Crippen MR) is 82.7 cm³/mol. The van der Waals surface area contributed by atoms with E-state index in [0.29, 0.717) is 22.7 Å². The Morgan fingerprint density at radius 2 is 2.00 bits per heavy atom. The highest BCUT2D eigenvalue weighted by Gasteiger charge is 2.16. The maximum atomic E-state index is 9.92. The standard InChI is InChI=1S/C15H13BrN2O2/c1-7-5-11-14(13(16)8(7)2)20-15(18-11)10-6-9(17)3-4-12(10)19/h3-6,19H,17H2,1-2H3. The number of hydrogen-bond acceptors (Lipinski definition) is 4. The predicted octanol–water partition coefficient (Wildman–Crippen LogP) is 4.16. The molecule has 0 bridgehead atoms. The smallest absolute Gasteiger partial charge is 0.231 e. The van der Waals surface area contributed by atoms with Crippen LogP contribution < -0.4 is 5.73 Å². The number of nitrogens with zero attached hydrogens (tertiary/aromatic N) is 1. The first-order valence-corrected chi connectivity index (χ1v) is 6.92. The summed E-state index contributed by atoms with van der Waals surface area (Å²) in [6.07, 6.45) is 0. The molecule has 0 unspecified atom stereocenters. The molecule has 5 heteroatoms. The van der Waals surface area contributed by atoms with Crippen molar-refractivity contribution in [2.24, 2.45) is 0 Å².